The normalized spacial score (nSPS) is 10.8. The standard InChI is InChI=1S/C10H7N5S/c16-10-7-9(13-5-12-7)14-8(15-10)6-1-3-11-4-2-6/h1-5H,(H2,12,13,14,15,16). The van der Waals surface area contributed by atoms with Gasteiger partial charge in [-0.1, -0.05) is 12.2 Å². The van der Waals surface area contributed by atoms with E-state index in [2.05, 4.69) is 24.9 Å². The minimum absolute atomic E-state index is 0.512. The molecule has 0 fully saturated rings. The van der Waals surface area contributed by atoms with Crippen molar-refractivity contribution in [3.63, 3.8) is 0 Å². The van der Waals surface area contributed by atoms with Gasteiger partial charge in [0.1, 0.15) is 11.3 Å². The van der Waals surface area contributed by atoms with Gasteiger partial charge in [-0.05, 0) is 12.1 Å². The monoisotopic (exact) mass is 229 g/mol. The van der Waals surface area contributed by atoms with Crippen molar-refractivity contribution in [2.45, 2.75) is 0 Å². The first-order chi connectivity index (χ1) is 7.84. The van der Waals surface area contributed by atoms with Gasteiger partial charge in [0.05, 0.1) is 6.33 Å². The maximum atomic E-state index is 5.18. The summed E-state index contributed by atoms with van der Waals surface area (Å²) in [6.07, 6.45) is 5.01. The van der Waals surface area contributed by atoms with Gasteiger partial charge in [0, 0.05) is 18.0 Å². The Balaban J connectivity index is 2.30. The van der Waals surface area contributed by atoms with E-state index < -0.39 is 0 Å². The highest BCUT2D eigenvalue weighted by Crippen LogP contribution is 2.16. The lowest BCUT2D eigenvalue weighted by Crippen LogP contribution is -1.91. The molecule has 0 amide bonds. The Labute approximate surface area is 95.6 Å². The van der Waals surface area contributed by atoms with Crippen LogP contribution < -0.4 is 0 Å². The summed E-state index contributed by atoms with van der Waals surface area (Å²) in [4.78, 5) is 18.5. The van der Waals surface area contributed by atoms with Crippen LogP contribution in [0.5, 0.6) is 0 Å². The van der Waals surface area contributed by atoms with Crippen molar-refractivity contribution < 1.29 is 0 Å². The molecular formula is C10H7N5S. The van der Waals surface area contributed by atoms with E-state index in [-0.39, 0.29) is 0 Å². The Bertz CT molecular complexity index is 685. The summed E-state index contributed by atoms with van der Waals surface area (Å²) in [6.45, 7) is 0. The molecule has 78 valence electrons. The van der Waals surface area contributed by atoms with Gasteiger partial charge in [-0.2, -0.15) is 0 Å². The van der Waals surface area contributed by atoms with E-state index in [4.69, 9.17) is 12.2 Å². The van der Waals surface area contributed by atoms with Crippen molar-refractivity contribution in [2.24, 2.45) is 0 Å². The van der Waals surface area contributed by atoms with E-state index in [1.54, 1.807) is 18.7 Å². The second-order valence-electron chi connectivity index (χ2n) is 3.25. The van der Waals surface area contributed by atoms with Gasteiger partial charge >= 0.3 is 0 Å². The number of hydrogen-bond donors (Lipinski definition) is 2. The zero-order chi connectivity index (χ0) is 11.0. The van der Waals surface area contributed by atoms with Crippen LogP contribution in [-0.4, -0.2) is 24.9 Å². The fraction of sp³-hybridized carbons (Fsp3) is 0. The third-order valence-corrected chi connectivity index (χ3v) is 2.55. The molecule has 3 aromatic heterocycles. The van der Waals surface area contributed by atoms with Gasteiger partial charge in [0.2, 0.25) is 0 Å². The number of nitrogens with zero attached hydrogens (tertiary/aromatic N) is 3. The van der Waals surface area contributed by atoms with Crippen molar-refractivity contribution in [3.8, 4) is 11.4 Å². The molecule has 0 aliphatic rings. The highest BCUT2D eigenvalue weighted by molar-refractivity contribution is 7.71. The first-order valence-electron chi connectivity index (χ1n) is 4.68. The number of aromatic nitrogens is 5. The third-order valence-electron chi connectivity index (χ3n) is 2.26. The van der Waals surface area contributed by atoms with Gasteiger partial charge in [0.15, 0.2) is 10.3 Å². The average Bonchev–Trinajstić information content (AvgIpc) is 2.79. The molecule has 6 heteroatoms. The van der Waals surface area contributed by atoms with Crippen LogP contribution in [-0.2, 0) is 0 Å². The number of nitrogens with one attached hydrogen (secondary N) is 2. The molecule has 0 saturated carbocycles. The number of hydrogen-bond acceptors (Lipinski definition) is 4. The van der Waals surface area contributed by atoms with Crippen LogP contribution in [0.3, 0.4) is 0 Å². The van der Waals surface area contributed by atoms with E-state index in [1.165, 1.54) is 0 Å². The first-order valence-corrected chi connectivity index (χ1v) is 5.09. The molecule has 0 aliphatic carbocycles. The lowest BCUT2D eigenvalue weighted by atomic mass is 10.2. The summed E-state index contributed by atoms with van der Waals surface area (Å²) in [5.74, 6) is 0.701. The number of fused-ring (bicyclic) bond motifs is 1. The minimum Gasteiger partial charge on any atom is -0.341 e. The second-order valence-corrected chi connectivity index (χ2v) is 3.64. The molecule has 0 atom stereocenters. The average molecular weight is 229 g/mol. The zero-order valence-electron chi connectivity index (χ0n) is 8.14. The van der Waals surface area contributed by atoms with Gasteiger partial charge < -0.3 is 9.97 Å². The van der Waals surface area contributed by atoms with Crippen LogP contribution in [0, 0.1) is 4.64 Å². The molecule has 5 nitrogen and oxygen atoms in total. The van der Waals surface area contributed by atoms with Crippen molar-refractivity contribution in [2.75, 3.05) is 0 Å². The van der Waals surface area contributed by atoms with Crippen LogP contribution in [0.15, 0.2) is 30.9 Å². The fourth-order valence-electron chi connectivity index (χ4n) is 1.50. The van der Waals surface area contributed by atoms with E-state index in [1.807, 2.05) is 12.1 Å². The Morgan fingerprint density at radius 2 is 2.00 bits per heavy atom. The molecule has 2 N–H and O–H groups in total. The number of aromatic amines is 2. The van der Waals surface area contributed by atoms with Crippen LogP contribution in [0.25, 0.3) is 22.6 Å². The SMILES string of the molecule is S=c1nc(-c2ccncc2)[nH]c2nc[nH]c12. The van der Waals surface area contributed by atoms with Crippen molar-refractivity contribution in [1.82, 2.24) is 24.9 Å². The highest BCUT2D eigenvalue weighted by Gasteiger charge is 2.04. The molecule has 16 heavy (non-hydrogen) atoms. The minimum atomic E-state index is 0.512. The van der Waals surface area contributed by atoms with Crippen LogP contribution in [0.1, 0.15) is 0 Å². The van der Waals surface area contributed by atoms with Crippen LogP contribution >= 0.6 is 12.2 Å². The summed E-state index contributed by atoms with van der Waals surface area (Å²) >= 11 is 5.18. The number of rotatable bonds is 1. The lowest BCUT2D eigenvalue weighted by Gasteiger charge is -2.00. The summed E-state index contributed by atoms with van der Waals surface area (Å²) in [7, 11) is 0. The zero-order valence-corrected chi connectivity index (χ0v) is 8.95. The Morgan fingerprint density at radius 1 is 1.19 bits per heavy atom. The second kappa shape index (κ2) is 3.49. The fourth-order valence-corrected chi connectivity index (χ4v) is 1.74. The molecule has 3 rings (SSSR count). The molecule has 0 bridgehead atoms. The van der Waals surface area contributed by atoms with Gasteiger partial charge in [-0.25, -0.2) is 9.97 Å². The number of pyridine rings is 1. The van der Waals surface area contributed by atoms with Crippen molar-refractivity contribution >= 4 is 23.4 Å². The molecule has 0 aliphatic heterocycles. The van der Waals surface area contributed by atoms with Crippen LogP contribution in [0.4, 0.5) is 0 Å². The smallest absolute Gasteiger partial charge is 0.160 e. The third kappa shape index (κ3) is 1.40. The quantitative estimate of drug-likeness (QED) is 0.627. The largest absolute Gasteiger partial charge is 0.341 e. The van der Waals surface area contributed by atoms with Gasteiger partial charge in [-0.3, -0.25) is 4.98 Å². The molecule has 0 saturated heterocycles. The molecule has 0 spiro atoms. The summed E-state index contributed by atoms with van der Waals surface area (Å²) < 4.78 is 0.512. The first kappa shape index (κ1) is 9.17. The maximum absolute atomic E-state index is 5.18. The molecule has 3 aromatic rings. The van der Waals surface area contributed by atoms with Crippen molar-refractivity contribution in [1.29, 1.82) is 0 Å². The number of imidazole rings is 1. The van der Waals surface area contributed by atoms with Crippen molar-refractivity contribution in [3.05, 3.63) is 35.5 Å². The lowest BCUT2D eigenvalue weighted by molar-refractivity contribution is 1.18. The molecule has 0 radical (unpaired) electrons. The van der Waals surface area contributed by atoms with Gasteiger partial charge in [-0.15, -0.1) is 0 Å². The predicted molar refractivity (Wildman–Crippen MR) is 62.3 cm³/mol. The van der Waals surface area contributed by atoms with E-state index in [9.17, 15) is 0 Å². The topological polar surface area (TPSA) is 70.2 Å². The molecule has 3 heterocycles. The predicted octanol–water partition coefficient (Wildman–Crippen LogP) is 2.08. The maximum Gasteiger partial charge on any atom is 0.160 e. The Hall–Kier alpha value is -2.08. The summed E-state index contributed by atoms with van der Waals surface area (Å²) in [6, 6.07) is 3.73. The highest BCUT2D eigenvalue weighted by atomic mass is 32.1. The van der Waals surface area contributed by atoms with Crippen LogP contribution in [0.2, 0.25) is 0 Å². The Kier molecular flexibility index (Phi) is 2.00. The summed E-state index contributed by atoms with van der Waals surface area (Å²) in [5.41, 5.74) is 2.41. The molecule has 0 aromatic carbocycles. The molecule has 0 unspecified atom stereocenters. The summed E-state index contributed by atoms with van der Waals surface area (Å²) in [5, 5.41) is 0. The molecular weight excluding hydrogens is 222 g/mol. The number of H-pyrrole nitrogens is 2. The van der Waals surface area contributed by atoms with E-state index >= 15 is 0 Å². The van der Waals surface area contributed by atoms with Gasteiger partial charge in [0.25, 0.3) is 0 Å². The Morgan fingerprint density at radius 3 is 2.81 bits per heavy atom. The van der Waals surface area contributed by atoms with E-state index in [0.717, 1.165) is 11.1 Å². The van der Waals surface area contributed by atoms with E-state index in [0.29, 0.717) is 16.1 Å².